The zero-order chi connectivity index (χ0) is 8.48. The van der Waals surface area contributed by atoms with Crippen molar-refractivity contribution in [2.75, 3.05) is 19.3 Å². The second-order valence-corrected chi connectivity index (χ2v) is 5.89. The molecule has 0 spiro atoms. The lowest BCUT2D eigenvalue weighted by Gasteiger charge is -2.21. The van der Waals surface area contributed by atoms with Crippen LogP contribution in [0.15, 0.2) is 9.66 Å². The van der Waals surface area contributed by atoms with Crippen molar-refractivity contribution < 1.29 is 8.42 Å². The first-order valence-electron chi connectivity index (χ1n) is 3.30. The normalized spacial score (nSPS) is 21.5. The maximum Gasteiger partial charge on any atom is 0.211 e. The highest BCUT2D eigenvalue weighted by Gasteiger charge is 2.18. The molecule has 5 heteroatoms. The predicted molar refractivity (Wildman–Crippen MR) is 53.1 cm³/mol. The van der Waals surface area contributed by atoms with Crippen LogP contribution in [0.4, 0.5) is 0 Å². The summed E-state index contributed by atoms with van der Waals surface area (Å²) in [4.78, 5) is 0. The second kappa shape index (κ2) is 3.40. The Morgan fingerprint density at radius 2 is 2.27 bits per heavy atom. The van der Waals surface area contributed by atoms with Gasteiger partial charge >= 0.3 is 0 Å². The van der Waals surface area contributed by atoms with E-state index < -0.39 is 10.0 Å². The zero-order valence-corrected chi connectivity index (χ0v) is 9.22. The zero-order valence-electron chi connectivity index (χ0n) is 6.25. The van der Waals surface area contributed by atoms with Gasteiger partial charge in [0.15, 0.2) is 0 Å². The lowest BCUT2D eigenvalue weighted by molar-refractivity contribution is 0.441. The van der Waals surface area contributed by atoms with E-state index >= 15 is 0 Å². The van der Waals surface area contributed by atoms with Gasteiger partial charge in [-0.2, -0.15) is 4.31 Å². The van der Waals surface area contributed by atoms with Gasteiger partial charge in [-0.25, -0.2) is 8.42 Å². The van der Waals surface area contributed by atoms with Crippen LogP contribution in [0.3, 0.4) is 0 Å². The summed E-state index contributed by atoms with van der Waals surface area (Å²) in [5, 5.41) is 0. The number of hydrogen-bond donors (Lipinski definition) is 0. The molecule has 64 valence electrons. The fourth-order valence-corrected chi connectivity index (χ4v) is 2.13. The van der Waals surface area contributed by atoms with Crippen LogP contribution in [-0.2, 0) is 10.0 Å². The topological polar surface area (TPSA) is 37.4 Å². The van der Waals surface area contributed by atoms with E-state index in [1.54, 1.807) is 0 Å². The lowest BCUT2D eigenvalue weighted by Crippen LogP contribution is -2.33. The summed E-state index contributed by atoms with van der Waals surface area (Å²) in [5.41, 5.74) is 0. The van der Waals surface area contributed by atoms with Gasteiger partial charge in [0, 0.05) is 13.1 Å². The van der Waals surface area contributed by atoms with Gasteiger partial charge in [-0.1, -0.05) is 6.08 Å². The van der Waals surface area contributed by atoms with Crippen molar-refractivity contribution in [3.63, 3.8) is 0 Å². The molecule has 0 aromatic heterocycles. The van der Waals surface area contributed by atoms with Gasteiger partial charge in [-0.05, 0) is 32.6 Å². The van der Waals surface area contributed by atoms with Gasteiger partial charge < -0.3 is 0 Å². The molecular weight excluding hydrogens is 277 g/mol. The lowest BCUT2D eigenvalue weighted by atomic mass is 10.3. The summed E-state index contributed by atoms with van der Waals surface area (Å²) >= 11 is 2.23. The molecule has 1 aliphatic heterocycles. The summed E-state index contributed by atoms with van der Waals surface area (Å²) in [6.07, 6.45) is 4.05. The van der Waals surface area contributed by atoms with Crippen LogP contribution in [0.2, 0.25) is 0 Å². The van der Waals surface area contributed by atoms with Crippen molar-refractivity contribution in [3.05, 3.63) is 9.66 Å². The van der Waals surface area contributed by atoms with Gasteiger partial charge in [0.2, 0.25) is 10.0 Å². The van der Waals surface area contributed by atoms with Crippen LogP contribution < -0.4 is 0 Å². The number of nitrogens with zero attached hydrogens (tertiary/aromatic N) is 1. The molecule has 0 aromatic rings. The van der Waals surface area contributed by atoms with E-state index in [2.05, 4.69) is 22.6 Å². The van der Waals surface area contributed by atoms with E-state index in [-0.39, 0.29) is 0 Å². The first kappa shape index (κ1) is 9.47. The Bertz CT molecular complexity index is 270. The van der Waals surface area contributed by atoms with Gasteiger partial charge in [-0.3, -0.25) is 0 Å². The van der Waals surface area contributed by atoms with E-state index in [0.29, 0.717) is 13.1 Å². The highest BCUT2D eigenvalue weighted by Crippen LogP contribution is 2.17. The second-order valence-electron chi connectivity index (χ2n) is 2.52. The number of hydrogen-bond acceptors (Lipinski definition) is 2. The molecule has 11 heavy (non-hydrogen) atoms. The first-order valence-corrected chi connectivity index (χ1v) is 6.22. The van der Waals surface area contributed by atoms with E-state index in [0.717, 1.165) is 6.42 Å². The Kier molecular flexibility index (Phi) is 2.93. The Hall–Kier alpha value is 0.380. The highest BCUT2D eigenvalue weighted by molar-refractivity contribution is 14.1. The van der Waals surface area contributed by atoms with Crippen LogP contribution in [0.25, 0.3) is 0 Å². The van der Waals surface area contributed by atoms with Crippen molar-refractivity contribution in [1.82, 2.24) is 4.31 Å². The molecule has 0 N–H and O–H groups in total. The van der Waals surface area contributed by atoms with Crippen LogP contribution in [0.1, 0.15) is 6.42 Å². The third kappa shape index (κ3) is 2.72. The van der Waals surface area contributed by atoms with Gasteiger partial charge in [0.25, 0.3) is 0 Å². The summed E-state index contributed by atoms with van der Waals surface area (Å²) in [7, 11) is -2.96. The Balaban J connectivity index is 2.69. The molecule has 0 aromatic carbocycles. The van der Waals surface area contributed by atoms with E-state index in [4.69, 9.17) is 0 Å². The fraction of sp³-hybridized carbons (Fsp3) is 0.667. The Morgan fingerprint density at radius 3 is 2.64 bits per heavy atom. The monoisotopic (exact) mass is 287 g/mol. The molecule has 0 amide bonds. The van der Waals surface area contributed by atoms with Gasteiger partial charge in [0.1, 0.15) is 0 Å². The largest absolute Gasteiger partial charge is 0.212 e. The van der Waals surface area contributed by atoms with Gasteiger partial charge in [0.05, 0.1) is 6.26 Å². The Labute approximate surface area is 80.7 Å². The molecule has 0 bridgehead atoms. The molecule has 1 heterocycles. The average molecular weight is 287 g/mol. The smallest absolute Gasteiger partial charge is 0.211 e. The fourth-order valence-electron chi connectivity index (χ4n) is 0.927. The van der Waals surface area contributed by atoms with Crippen molar-refractivity contribution in [2.24, 2.45) is 0 Å². The maximum absolute atomic E-state index is 11.0. The van der Waals surface area contributed by atoms with E-state index in [1.807, 2.05) is 6.08 Å². The molecule has 1 aliphatic rings. The molecule has 0 unspecified atom stereocenters. The van der Waals surface area contributed by atoms with Crippen molar-refractivity contribution in [1.29, 1.82) is 0 Å². The summed E-state index contributed by atoms with van der Waals surface area (Å²) in [5.74, 6) is 0. The highest BCUT2D eigenvalue weighted by atomic mass is 127. The Morgan fingerprint density at radius 1 is 1.64 bits per heavy atom. The number of rotatable bonds is 1. The SMILES string of the molecule is CS(=O)(=O)N1CC=C(I)CC1. The maximum atomic E-state index is 11.0. The quantitative estimate of drug-likeness (QED) is 0.674. The molecular formula is C6H10INO2S. The molecule has 1 rings (SSSR count). The third-order valence-electron chi connectivity index (χ3n) is 1.59. The number of halogens is 1. The molecule has 0 radical (unpaired) electrons. The summed E-state index contributed by atoms with van der Waals surface area (Å²) in [6, 6.07) is 0. The van der Waals surface area contributed by atoms with Crippen LogP contribution in [0.5, 0.6) is 0 Å². The van der Waals surface area contributed by atoms with Crippen molar-refractivity contribution in [3.8, 4) is 0 Å². The number of sulfonamides is 1. The molecule has 0 atom stereocenters. The van der Waals surface area contributed by atoms with Crippen LogP contribution in [-0.4, -0.2) is 32.1 Å². The minimum atomic E-state index is -2.96. The van der Waals surface area contributed by atoms with E-state index in [9.17, 15) is 8.42 Å². The van der Waals surface area contributed by atoms with Gasteiger partial charge in [-0.15, -0.1) is 0 Å². The minimum absolute atomic E-state index is 0.539. The van der Waals surface area contributed by atoms with Crippen molar-refractivity contribution >= 4 is 32.6 Å². The predicted octanol–water partition coefficient (Wildman–Crippen LogP) is 0.971. The molecule has 3 nitrogen and oxygen atoms in total. The van der Waals surface area contributed by atoms with E-state index in [1.165, 1.54) is 14.1 Å². The van der Waals surface area contributed by atoms with Crippen molar-refractivity contribution in [2.45, 2.75) is 6.42 Å². The van der Waals surface area contributed by atoms with Crippen LogP contribution >= 0.6 is 22.6 Å². The molecule has 0 aliphatic carbocycles. The minimum Gasteiger partial charge on any atom is -0.212 e. The first-order chi connectivity index (χ1) is 5.00. The molecule has 0 saturated heterocycles. The standard InChI is InChI=1S/C6H10INO2S/c1-11(9,10)8-4-2-6(7)3-5-8/h2H,3-5H2,1H3. The summed E-state index contributed by atoms with van der Waals surface area (Å²) in [6.45, 7) is 1.17. The average Bonchev–Trinajstić information content (AvgIpc) is 1.86. The third-order valence-corrected chi connectivity index (χ3v) is 3.83. The summed E-state index contributed by atoms with van der Waals surface area (Å²) < 4.78 is 24.7. The molecule has 0 fully saturated rings. The molecule has 0 saturated carbocycles. The van der Waals surface area contributed by atoms with Crippen LogP contribution in [0, 0.1) is 0 Å².